The summed E-state index contributed by atoms with van der Waals surface area (Å²) in [5, 5.41) is 11.5. The summed E-state index contributed by atoms with van der Waals surface area (Å²) in [4.78, 5) is 0. The van der Waals surface area contributed by atoms with Gasteiger partial charge in [0.1, 0.15) is 41.3 Å². The van der Waals surface area contributed by atoms with Crippen LogP contribution in [0.5, 0.6) is 23.0 Å². The van der Waals surface area contributed by atoms with Crippen LogP contribution in [0.3, 0.4) is 0 Å². The van der Waals surface area contributed by atoms with Crippen molar-refractivity contribution in [3.8, 4) is 23.0 Å². The molecule has 0 radical (unpaired) electrons. The van der Waals surface area contributed by atoms with Crippen LogP contribution in [0.15, 0.2) is 103 Å². The molecule has 4 nitrogen and oxygen atoms in total. The van der Waals surface area contributed by atoms with Gasteiger partial charge in [-0.05, 0) is 67.3 Å². The third kappa shape index (κ3) is 7.59. The monoisotopic (exact) mass is 538 g/mol. The van der Waals surface area contributed by atoms with E-state index in [0.717, 1.165) is 72.5 Å². The van der Waals surface area contributed by atoms with Gasteiger partial charge in [-0.25, -0.2) is 0 Å². The van der Waals surface area contributed by atoms with Crippen molar-refractivity contribution < 1.29 is 19.3 Å². The smallest absolute Gasteiger partial charge is 0.128 e. The first-order valence-electron chi connectivity index (χ1n) is 14.6. The van der Waals surface area contributed by atoms with Crippen LogP contribution in [0.4, 0.5) is 0 Å². The van der Waals surface area contributed by atoms with E-state index in [1.807, 2.05) is 97.1 Å². The van der Waals surface area contributed by atoms with E-state index in [1.165, 1.54) is 0 Å². The second kappa shape index (κ2) is 15.0. The van der Waals surface area contributed by atoms with Gasteiger partial charge in [0.2, 0.25) is 0 Å². The molecule has 210 valence electrons. The average Bonchev–Trinajstić information content (AvgIpc) is 2.98. The number of benzene rings is 4. The van der Waals surface area contributed by atoms with Crippen molar-refractivity contribution in [2.45, 2.75) is 77.6 Å². The summed E-state index contributed by atoms with van der Waals surface area (Å²) in [6.45, 7) is 6.48. The molecule has 0 aliphatic carbocycles. The summed E-state index contributed by atoms with van der Waals surface area (Å²) in [5.74, 6) is 2.62. The maximum atomic E-state index is 11.5. The number of para-hydroxylation sites is 3. The highest BCUT2D eigenvalue weighted by Gasteiger charge is 2.32. The number of hydrogen-bond donors (Lipinski definition) is 1. The van der Waals surface area contributed by atoms with Crippen molar-refractivity contribution >= 4 is 0 Å². The fourth-order valence-electron chi connectivity index (χ4n) is 5.20. The summed E-state index contributed by atoms with van der Waals surface area (Å²) in [7, 11) is 0. The van der Waals surface area contributed by atoms with Crippen LogP contribution in [-0.2, 0) is 0 Å². The minimum Gasteiger partial charge on any atom is -0.508 e. The summed E-state index contributed by atoms with van der Waals surface area (Å²) in [6.07, 6.45) is 4.28. The van der Waals surface area contributed by atoms with Crippen molar-refractivity contribution in [2.75, 3.05) is 0 Å². The molecule has 4 aromatic rings. The van der Waals surface area contributed by atoms with Crippen LogP contribution in [-0.4, -0.2) is 5.11 Å². The minimum absolute atomic E-state index is 0.209. The first-order chi connectivity index (χ1) is 19.6. The molecule has 0 amide bonds. The number of rotatable bonds is 15. The molecule has 0 fully saturated rings. The molecule has 0 saturated carbocycles. The highest BCUT2D eigenvalue weighted by Crippen LogP contribution is 2.44. The molecule has 0 spiro atoms. The van der Waals surface area contributed by atoms with Gasteiger partial charge in [0.25, 0.3) is 0 Å². The zero-order chi connectivity index (χ0) is 28.2. The molecular weight excluding hydrogens is 496 g/mol. The lowest BCUT2D eigenvalue weighted by Gasteiger charge is -2.32. The topological polar surface area (TPSA) is 47.9 Å². The standard InChI is InChI=1S/C36H42O4/c1-4-16-32(38-27-19-10-7-11-20-27)30-25-26-31(37)36(34(18-6-3)40-29-23-14-9-15-24-29)35(30)33(17-5-2)39-28-21-12-8-13-22-28/h7-15,19-26,32-34,37H,4-6,16-18H2,1-3H3. The molecule has 4 rings (SSSR count). The van der Waals surface area contributed by atoms with Crippen molar-refractivity contribution in [2.24, 2.45) is 0 Å². The van der Waals surface area contributed by atoms with Crippen LogP contribution in [0.2, 0.25) is 0 Å². The molecule has 3 atom stereocenters. The fourth-order valence-corrected chi connectivity index (χ4v) is 5.20. The Bertz CT molecular complexity index is 1270. The zero-order valence-electron chi connectivity index (χ0n) is 24.0. The predicted molar refractivity (Wildman–Crippen MR) is 162 cm³/mol. The Morgan fingerprint density at radius 3 is 1.27 bits per heavy atom. The number of phenolic OH excluding ortho intramolecular Hbond substituents is 1. The van der Waals surface area contributed by atoms with Crippen molar-refractivity contribution in [1.29, 1.82) is 0 Å². The lowest BCUT2D eigenvalue weighted by molar-refractivity contribution is 0.155. The van der Waals surface area contributed by atoms with Gasteiger partial charge in [-0.15, -0.1) is 0 Å². The van der Waals surface area contributed by atoms with E-state index in [0.29, 0.717) is 0 Å². The zero-order valence-corrected chi connectivity index (χ0v) is 24.0. The van der Waals surface area contributed by atoms with Gasteiger partial charge in [-0.3, -0.25) is 0 Å². The first kappa shape index (κ1) is 29.1. The quantitative estimate of drug-likeness (QED) is 0.164. The third-order valence-corrected chi connectivity index (χ3v) is 7.01. The molecule has 0 bridgehead atoms. The third-order valence-electron chi connectivity index (χ3n) is 7.01. The normalized spacial score (nSPS) is 13.3. The molecule has 4 aromatic carbocycles. The van der Waals surface area contributed by atoms with E-state index in [9.17, 15) is 5.11 Å². The summed E-state index contributed by atoms with van der Waals surface area (Å²) in [5.41, 5.74) is 2.79. The Morgan fingerprint density at radius 1 is 0.475 bits per heavy atom. The summed E-state index contributed by atoms with van der Waals surface area (Å²) in [6, 6.07) is 33.6. The molecular formula is C36H42O4. The second-order valence-electron chi connectivity index (χ2n) is 10.1. The van der Waals surface area contributed by atoms with Gasteiger partial charge in [-0.1, -0.05) is 101 Å². The Labute approximate surface area is 239 Å². The molecule has 1 N–H and O–H groups in total. The minimum atomic E-state index is -0.347. The molecule has 3 unspecified atom stereocenters. The average molecular weight is 539 g/mol. The van der Waals surface area contributed by atoms with Crippen LogP contribution in [0.1, 0.15) is 94.3 Å². The van der Waals surface area contributed by atoms with Gasteiger partial charge in [0.15, 0.2) is 0 Å². The SMILES string of the molecule is CCCC(Oc1ccccc1)c1ccc(O)c(C(CCC)Oc2ccccc2)c1C(CCC)Oc1ccccc1. The van der Waals surface area contributed by atoms with Gasteiger partial charge >= 0.3 is 0 Å². The number of aromatic hydroxyl groups is 1. The highest BCUT2D eigenvalue weighted by atomic mass is 16.5. The van der Waals surface area contributed by atoms with Gasteiger partial charge < -0.3 is 19.3 Å². The Kier molecular flexibility index (Phi) is 10.9. The van der Waals surface area contributed by atoms with Crippen LogP contribution < -0.4 is 14.2 Å². The first-order valence-corrected chi connectivity index (χ1v) is 14.6. The van der Waals surface area contributed by atoms with Gasteiger partial charge in [0.05, 0.1) is 0 Å². The van der Waals surface area contributed by atoms with E-state index in [4.69, 9.17) is 14.2 Å². The van der Waals surface area contributed by atoms with E-state index in [-0.39, 0.29) is 24.1 Å². The summed E-state index contributed by atoms with van der Waals surface area (Å²) >= 11 is 0. The highest BCUT2D eigenvalue weighted by molar-refractivity contribution is 5.49. The Hall–Kier alpha value is -3.92. The van der Waals surface area contributed by atoms with Crippen molar-refractivity contribution in [3.63, 3.8) is 0 Å². The predicted octanol–water partition coefficient (Wildman–Crippen LogP) is 10.2. The van der Waals surface area contributed by atoms with Crippen LogP contribution >= 0.6 is 0 Å². The van der Waals surface area contributed by atoms with Gasteiger partial charge in [0, 0.05) is 11.1 Å². The maximum absolute atomic E-state index is 11.5. The summed E-state index contributed by atoms with van der Waals surface area (Å²) < 4.78 is 19.9. The van der Waals surface area contributed by atoms with Gasteiger partial charge in [-0.2, -0.15) is 0 Å². The lowest BCUT2D eigenvalue weighted by atomic mass is 9.86. The number of ether oxygens (including phenoxy) is 3. The molecule has 0 aliphatic rings. The van der Waals surface area contributed by atoms with Crippen molar-refractivity contribution in [3.05, 3.63) is 120 Å². The molecule has 0 aromatic heterocycles. The Balaban J connectivity index is 1.89. The second-order valence-corrected chi connectivity index (χ2v) is 10.1. The number of hydrogen-bond acceptors (Lipinski definition) is 4. The molecule has 0 heterocycles. The van der Waals surface area contributed by atoms with E-state index >= 15 is 0 Å². The largest absolute Gasteiger partial charge is 0.508 e. The molecule has 40 heavy (non-hydrogen) atoms. The maximum Gasteiger partial charge on any atom is 0.128 e. The number of phenols is 1. The van der Waals surface area contributed by atoms with E-state index in [1.54, 1.807) is 6.07 Å². The van der Waals surface area contributed by atoms with E-state index < -0.39 is 0 Å². The molecule has 4 heteroatoms. The van der Waals surface area contributed by atoms with E-state index in [2.05, 4.69) is 20.8 Å². The molecule has 0 aliphatic heterocycles. The van der Waals surface area contributed by atoms with Crippen LogP contribution in [0.25, 0.3) is 0 Å². The Morgan fingerprint density at radius 2 is 0.850 bits per heavy atom. The van der Waals surface area contributed by atoms with Crippen molar-refractivity contribution in [1.82, 2.24) is 0 Å². The molecule has 0 saturated heterocycles. The fraction of sp³-hybridized carbons (Fsp3) is 0.333. The van der Waals surface area contributed by atoms with Crippen LogP contribution in [0, 0.1) is 0 Å². The lowest BCUT2D eigenvalue weighted by Crippen LogP contribution is -2.21.